The largest absolute Gasteiger partial charge is 0.489 e. The lowest BCUT2D eigenvalue weighted by molar-refractivity contribution is -0.137. The molecule has 1 aromatic heterocycles. The zero-order valence-corrected chi connectivity index (χ0v) is 19.7. The van der Waals surface area contributed by atoms with Crippen molar-refractivity contribution in [3.8, 4) is 17.2 Å². The van der Waals surface area contributed by atoms with Gasteiger partial charge in [0.2, 0.25) is 0 Å². The summed E-state index contributed by atoms with van der Waals surface area (Å²) in [5.41, 5.74) is 0.470. The molecular formula is C26H20ClF3N2O4. The normalized spacial score (nSPS) is 19.6. The van der Waals surface area contributed by atoms with E-state index >= 15 is 0 Å². The summed E-state index contributed by atoms with van der Waals surface area (Å²) in [6, 6.07) is 12.1. The zero-order valence-electron chi connectivity index (χ0n) is 18.9. The first-order valence-electron chi connectivity index (χ1n) is 11.2. The van der Waals surface area contributed by atoms with E-state index < -0.39 is 16.8 Å². The van der Waals surface area contributed by atoms with E-state index in [0.717, 1.165) is 11.6 Å². The summed E-state index contributed by atoms with van der Waals surface area (Å²) in [5, 5.41) is 2.11. The number of Topliss-reactive ketones (excluding diaryl/α,β-unsaturated/α-hetero) is 1. The summed E-state index contributed by atoms with van der Waals surface area (Å²) >= 11 is 5.66. The van der Waals surface area contributed by atoms with Crippen LogP contribution >= 0.6 is 11.6 Å². The van der Waals surface area contributed by atoms with Crippen molar-refractivity contribution in [1.82, 2.24) is 10.3 Å². The number of carbonyl (C=O) groups is 2. The summed E-state index contributed by atoms with van der Waals surface area (Å²) in [7, 11) is 1.51. The number of nitrogens with zero attached hydrogens (tertiary/aromatic N) is 1. The van der Waals surface area contributed by atoms with Crippen molar-refractivity contribution >= 4 is 23.3 Å². The Balaban J connectivity index is 1.24. The second kappa shape index (κ2) is 9.13. The topological polar surface area (TPSA) is 77.5 Å². The Kier molecular flexibility index (Phi) is 6.12. The van der Waals surface area contributed by atoms with E-state index in [1.54, 1.807) is 18.2 Å². The van der Waals surface area contributed by atoms with Crippen molar-refractivity contribution in [3.63, 3.8) is 0 Å². The second-order valence-electron chi connectivity index (χ2n) is 8.76. The molecule has 3 atom stereocenters. The minimum absolute atomic E-state index is 0.0160. The van der Waals surface area contributed by atoms with E-state index in [-0.39, 0.29) is 53.7 Å². The van der Waals surface area contributed by atoms with Gasteiger partial charge in [0.05, 0.1) is 10.6 Å². The van der Waals surface area contributed by atoms with E-state index in [4.69, 9.17) is 21.1 Å². The van der Waals surface area contributed by atoms with Crippen LogP contribution in [0.3, 0.4) is 0 Å². The van der Waals surface area contributed by atoms with E-state index in [1.807, 2.05) is 6.07 Å². The minimum Gasteiger partial charge on any atom is -0.489 e. The molecule has 2 heterocycles. The smallest absolute Gasteiger partial charge is 0.417 e. The Morgan fingerprint density at radius 1 is 1.11 bits per heavy atom. The van der Waals surface area contributed by atoms with Gasteiger partial charge in [-0.2, -0.15) is 13.2 Å². The highest BCUT2D eigenvalue weighted by atomic mass is 35.5. The molecule has 0 bridgehead atoms. The van der Waals surface area contributed by atoms with E-state index in [9.17, 15) is 22.8 Å². The molecule has 186 valence electrons. The number of alkyl halides is 3. The van der Waals surface area contributed by atoms with Crippen LogP contribution < -0.4 is 14.8 Å². The van der Waals surface area contributed by atoms with Crippen LogP contribution in [0.5, 0.6) is 17.2 Å². The predicted octanol–water partition coefficient (Wildman–Crippen LogP) is 5.58. The number of hydrogen-bond donors (Lipinski definition) is 1. The SMILES string of the molecule is CNC(=O)c1cc(Oc2ccc3c(c2)[C@H]2[C@H](CC(=O)Cc4ccc(Cl)c(C(F)(F)F)c4)[C@H]2O3)ccn1. The number of halogens is 4. The summed E-state index contributed by atoms with van der Waals surface area (Å²) in [6.45, 7) is 0. The van der Waals surface area contributed by atoms with Gasteiger partial charge in [-0.05, 0) is 42.0 Å². The summed E-state index contributed by atoms with van der Waals surface area (Å²) in [4.78, 5) is 28.5. The third kappa shape index (κ3) is 4.75. The first kappa shape index (κ1) is 24.1. The quantitative estimate of drug-likeness (QED) is 0.443. The molecule has 10 heteroatoms. The molecule has 1 aliphatic heterocycles. The van der Waals surface area contributed by atoms with Gasteiger partial charge in [0.1, 0.15) is 34.8 Å². The number of benzene rings is 2. The fraction of sp³-hybridized carbons (Fsp3) is 0.269. The highest BCUT2D eigenvalue weighted by Gasteiger charge is 2.59. The second-order valence-corrected chi connectivity index (χ2v) is 9.17. The van der Waals surface area contributed by atoms with Crippen molar-refractivity contribution in [2.75, 3.05) is 7.05 Å². The number of pyridine rings is 1. The molecule has 6 nitrogen and oxygen atoms in total. The van der Waals surface area contributed by atoms with E-state index in [2.05, 4.69) is 10.3 Å². The number of rotatable bonds is 7. The molecule has 0 unspecified atom stereocenters. The minimum atomic E-state index is -4.58. The highest BCUT2D eigenvalue weighted by Crippen LogP contribution is 2.60. The van der Waals surface area contributed by atoms with Crippen molar-refractivity contribution in [2.45, 2.75) is 31.0 Å². The number of amides is 1. The van der Waals surface area contributed by atoms with Crippen LogP contribution in [0, 0.1) is 5.92 Å². The summed E-state index contributed by atoms with van der Waals surface area (Å²) in [6.07, 6.45) is -3.16. The third-order valence-corrected chi connectivity index (χ3v) is 6.66. The maximum absolute atomic E-state index is 13.1. The van der Waals surface area contributed by atoms with Gasteiger partial charge in [0.25, 0.3) is 5.91 Å². The standard InChI is InChI=1S/C26H20ClF3N2O4/c1-31-25(34)21-12-16(6-7-32-21)35-15-3-5-22-17(11-15)23-18(24(23)36-22)10-14(33)8-13-2-4-20(27)19(9-13)26(28,29)30/h2-7,9,11-12,18,23-24H,8,10H2,1H3,(H,31,34)/t18-,23-,24+/m0/s1. The monoisotopic (exact) mass is 516 g/mol. The highest BCUT2D eigenvalue weighted by molar-refractivity contribution is 6.31. The maximum Gasteiger partial charge on any atom is 0.417 e. The Morgan fingerprint density at radius 3 is 2.64 bits per heavy atom. The lowest BCUT2D eigenvalue weighted by Gasteiger charge is -2.12. The number of ketones is 1. The lowest BCUT2D eigenvalue weighted by Crippen LogP contribution is -2.18. The Labute approximate surface area is 209 Å². The average molecular weight is 517 g/mol. The molecule has 3 aromatic rings. The van der Waals surface area contributed by atoms with E-state index in [0.29, 0.717) is 17.2 Å². The van der Waals surface area contributed by atoms with Gasteiger partial charge >= 0.3 is 6.18 Å². The van der Waals surface area contributed by atoms with Gasteiger partial charge in [-0.1, -0.05) is 17.7 Å². The maximum atomic E-state index is 13.1. The van der Waals surface area contributed by atoms with Crippen LogP contribution in [0.25, 0.3) is 0 Å². The fourth-order valence-electron chi connectivity index (χ4n) is 4.58. The molecule has 1 saturated carbocycles. The van der Waals surface area contributed by atoms with Crippen LogP contribution in [-0.2, 0) is 17.4 Å². The van der Waals surface area contributed by atoms with Crippen molar-refractivity contribution in [1.29, 1.82) is 0 Å². The molecule has 36 heavy (non-hydrogen) atoms. The van der Waals surface area contributed by atoms with Crippen LogP contribution in [0.1, 0.15) is 39.5 Å². The van der Waals surface area contributed by atoms with Crippen molar-refractivity contribution < 1.29 is 32.2 Å². The predicted molar refractivity (Wildman–Crippen MR) is 125 cm³/mol. The van der Waals surface area contributed by atoms with Crippen LogP contribution in [0.4, 0.5) is 13.2 Å². The molecule has 5 rings (SSSR count). The van der Waals surface area contributed by atoms with Gasteiger partial charge in [0, 0.05) is 49.6 Å². The zero-order chi connectivity index (χ0) is 25.6. The van der Waals surface area contributed by atoms with Crippen molar-refractivity contribution in [3.05, 3.63) is 82.1 Å². The molecule has 1 amide bonds. The number of ether oxygens (including phenoxy) is 2. The van der Waals surface area contributed by atoms with Gasteiger partial charge in [-0.25, -0.2) is 0 Å². The molecule has 2 aromatic carbocycles. The first-order valence-corrected chi connectivity index (χ1v) is 11.6. The molecule has 1 N–H and O–H groups in total. The van der Waals surface area contributed by atoms with Crippen LogP contribution in [0.15, 0.2) is 54.7 Å². The molecule has 1 aliphatic carbocycles. The van der Waals surface area contributed by atoms with Gasteiger partial charge in [-0.15, -0.1) is 0 Å². The van der Waals surface area contributed by atoms with Crippen LogP contribution in [-0.4, -0.2) is 29.8 Å². The summed E-state index contributed by atoms with van der Waals surface area (Å²) < 4.78 is 51.2. The molecule has 2 aliphatic rings. The lowest BCUT2D eigenvalue weighted by atomic mass is 10.0. The Bertz CT molecular complexity index is 1360. The summed E-state index contributed by atoms with van der Waals surface area (Å²) in [5.74, 6) is 1.19. The number of carbonyl (C=O) groups excluding carboxylic acids is 2. The van der Waals surface area contributed by atoms with Gasteiger partial charge < -0.3 is 14.8 Å². The van der Waals surface area contributed by atoms with E-state index in [1.165, 1.54) is 31.4 Å². The van der Waals surface area contributed by atoms with Crippen LogP contribution in [0.2, 0.25) is 5.02 Å². The van der Waals surface area contributed by atoms with Gasteiger partial charge in [0.15, 0.2) is 0 Å². The number of nitrogens with one attached hydrogen (secondary N) is 1. The van der Waals surface area contributed by atoms with Gasteiger partial charge in [-0.3, -0.25) is 14.6 Å². The number of hydrogen-bond acceptors (Lipinski definition) is 5. The van der Waals surface area contributed by atoms with Crippen molar-refractivity contribution in [2.24, 2.45) is 5.92 Å². The molecule has 1 fully saturated rings. The Morgan fingerprint density at radius 2 is 1.89 bits per heavy atom. The third-order valence-electron chi connectivity index (χ3n) is 6.33. The Hall–Kier alpha value is -3.59. The number of fused-ring (bicyclic) bond motifs is 3. The molecule has 0 spiro atoms. The fourth-order valence-corrected chi connectivity index (χ4v) is 4.81. The molecular weight excluding hydrogens is 497 g/mol. The number of aromatic nitrogens is 1. The first-order chi connectivity index (χ1) is 17.1. The average Bonchev–Trinajstić information content (AvgIpc) is 3.35. The molecule has 0 radical (unpaired) electrons. The molecule has 0 saturated heterocycles.